The number of fused-ring (bicyclic) bond motifs is 6. The topological polar surface area (TPSA) is 69.6 Å². The molecule has 0 saturated carbocycles. The van der Waals surface area contributed by atoms with Gasteiger partial charge >= 0.3 is 119 Å². The van der Waals surface area contributed by atoms with E-state index in [-0.39, 0.29) is 20.1 Å². The summed E-state index contributed by atoms with van der Waals surface area (Å²) < 4.78 is 10.5. The van der Waals surface area contributed by atoms with Gasteiger partial charge in [0.25, 0.3) is 0 Å². The number of hydrogen-bond donors (Lipinski definition) is 0. The fourth-order valence-electron chi connectivity index (χ4n) is 9.30. The van der Waals surface area contributed by atoms with Crippen LogP contribution in [0, 0.1) is 25.0 Å². The van der Waals surface area contributed by atoms with E-state index in [0.29, 0.717) is 23.5 Å². The zero-order chi connectivity index (χ0) is 48.0. The first kappa shape index (κ1) is 48.8. The van der Waals surface area contributed by atoms with Crippen LogP contribution >= 0.6 is 0 Å². The third-order valence-electron chi connectivity index (χ3n) is 13.7. The predicted molar refractivity (Wildman–Crippen MR) is 291 cm³/mol. The number of rotatable bonds is 9. The molecule has 0 aliphatic heterocycles. The molecular formula is C62H59GeIrN5O-2. The summed E-state index contributed by atoms with van der Waals surface area (Å²) in [5.41, 5.74) is 16.1. The summed E-state index contributed by atoms with van der Waals surface area (Å²) in [4.78, 5) is 20.2. The van der Waals surface area contributed by atoms with Gasteiger partial charge in [-0.15, -0.1) is 18.2 Å². The summed E-state index contributed by atoms with van der Waals surface area (Å²) >= 11 is -1.74. The molecule has 5 heterocycles. The molecule has 5 aromatic heterocycles. The van der Waals surface area contributed by atoms with Crippen molar-refractivity contribution in [2.75, 3.05) is 0 Å². The molecule has 1 aliphatic carbocycles. The van der Waals surface area contributed by atoms with Crippen molar-refractivity contribution in [3.8, 4) is 39.5 Å². The Kier molecular flexibility index (Phi) is 14.1. The summed E-state index contributed by atoms with van der Waals surface area (Å²) in [6.07, 6.45) is 10.7. The van der Waals surface area contributed by atoms with E-state index in [9.17, 15) is 0 Å². The van der Waals surface area contributed by atoms with Crippen molar-refractivity contribution in [2.45, 2.75) is 83.5 Å². The number of furan rings is 1. The number of allylic oxidation sites excluding steroid dienone is 4. The van der Waals surface area contributed by atoms with Crippen molar-refractivity contribution in [1.82, 2.24) is 24.5 Å². The molecule has 0 amide bonds. The Labute approximate surface area is 428 Å². The molecule has 10 aromatic rings. The van der Waals surface area contributed by atoms with Gasteiger partial charge in [0.1, 0.15) is 0 Å². The Balaban J connectivity index is 0.000000257. The fraction of sp³-hybridized carbons (Fsp3) is 0.226. The van der Waals surface area contributed by atoms with Crippen LogP contribution in [0.3, 0.4) is 0 Å². The number of para-hydroxylation sites is 1. The zero-order valence-corrected chi connectivity index (χ0v) is 46.1. The average Bonchev–Trinajstić information content (AvgIpc) is 3.95. The van der Waals surface area contributed by atoms with Crippen LogP contribution in [0.15, 0.2) is 156 Å². The van der Waals surface area contributed by atoms with Gasteiger partial charge in [-0.05, 0) is 61.1 Å². The molecule has 1 unspecified atom stereocenters. The SMILES string of the molecule is CC(C)c1c[c-]c(-c2cc[c]([Ge]([CH3])([CH3])[CH3])cn2)cc1.Cc1ccc2ccc3nc(-c4[c-]ccc5c4oc4nc(C(C)C(C)C)ccc45)n(-c4c(C5=CC=CCC5)cccc4-c4ccccc4)c3c2n1.[Ir]. The van der Waals surface area contributed by atoms with E-state index < -0.39 is 13.3 Å². The first-order chi connectivity index (χ1) is 33.3. The van der Waals surface area contributed by atoms with E-state index >= 15 is 0 Å². The molecule has 8 heteroatoms. The van der Waals surface area contributed by atoms with Crippen molar-refractivity contribution in [3.63, 3.8) is 0 Å². The quantitative estimate of drug-likeness (QED) is 0.106. The van der Waals surface area contributed by atoms with E-state index in [1.807, 2.05) is 13.0 Å². The number of nitrogens with zero attached hydrogens (tertiary/aromatic N) is 5. The number of imidazole rings is 1. The molecular weight excluding hydrogens is 1100 g/mol. The van der Waals surface area contributed by atoms with Crippen molar-refractivity contribution < 1.29 is 24.5 Å². The molecule has 1 atom stereocenters. The average molecular weight is 1160 g/mol. The monoisotopic (exact) mass is 1160 g/mol. The minimum Gasteiger partial charge on any atom is -0.486 e. The number of benzene rings is 5. The number of hydrogen-bond acceptors (Lipinski definition) is 5. The fourth-order valence-corrected chi connectivity index (χ4v) is 11.5. The molecule has 5 aromatic carbocycles. The van der Waals surface area contributed by atoms with Gasteiger partial charge in [-0.1, -0.05) is 111 Å². The van der Waals surface area contributed by atoms with Crippen molar-refractivity contribution in [3.05, 3.63) is 186 Å². The Morgan fingerprint density at radius 1 is 0.743 bits per heavy atom. The van der Waals surface area contributed by atoms with E-state index in [4.69, 9.17) is 19.4 Å². The first-order valence-corrected chi connectivity index (χ1v) is 31.7. The van der Waals surface area contributed by atoms with Crippen molar-refractivity contribution >= 4 is 67.2 Å². The predicted octanol–water partition coefficient (Wildman–Crippen LogP) is 16.0. The van der Waals surface area contributed by atoms with Crippen LogP contribution in [0.25, 0.3) is 89.0 Å². The molecule has 0 fully saturated rings. The molecule has 0 spiro atoms. The van der Waals surface area contributed by atoms with Gasteiger partial charge in [-0.3, -0.25) is 9.97 Å². The molecule has 70 heavy (non-hydrogen) atoms. The van der Waals surface area contributed by atoms with Gasteiger partial charge in [0.05, 0.1) is 33.6 Å². The third kappa shape index (κ3) is 9.52. The van der Waals surface area contributed by atoms with E-state index in [0.717, 1.165) is 102 Å². The van der Waals surface area contributed by atoms with Gasteiger partial charge in [-0.2, -0.15) is 0 Å². The molecule has 0 bridgehead atoms. The van der Waals surface area contributed by atoms with E-state index in [1.54, 1.807) is 0 Å². The van der Waals surface area contributed by atoms with Crippen LogP contribution < -0.4 is 4.40 Å². The van der Waals surface area contributed by atoms with Gasteiger partial charge in [-0.25, -0.2) is 4.98 Å². The van der Waals surface area contributed by atoms with Crippen LogP contribution in [0.4, 0.5) is 0 Å². The van der Waals surface area contributed by atoms with Crippen LogP contribution in [0.5, 0.6) is 0 Å². The Morgan fingerprint density at radius 2 is 1.54 bits per heavy atom. The second-order valence-corrected chi connectivity index (χ2v) is 30.8. The van der Waals surface area contributed by atoms with Gasteiger partial charge in [0.15, 0.2) is 0 Å². The van der Waals surface area contributed by atoms with Gasteiger partial charge in [0.2, 0.25) is 5.71 Å². The standard InChI is InChI=1S/C45H37N4O.C17H22GeN.Ir/c1-27(2)29(4)38-26-24-36-35-19-12-20-37(43(35)50-45(36)48-38)44-47-39-25-23-32-22-21-28(3)46-40(32)42(39)49(44)41-33(30-13-7-5-8-14-30)17-11-18-34(41)31-15-9-6-10-16-31;1-13(2)14-6-8-15(9-7-14)17-11-10-16(12-19-17)18(3,4)5;/h5-9,11-15,17-19,21-27,29H,10,16H2,1-4H3;6-8,10-13H,1-5H3;/q2*-1;. The second kappa shape index (κ2) is 20.2. The normalized spacial score (nSPS) is 13.2. The molecule has 11 rings (SSSR count). The minimum absolute atomic E-state index is 0. The maximum atomic E-state index is 6.73. The van der Waals surface area contributed by atoms with Crippen LogP contribution in [-0.2, 0) is 20.1 Å². The second-order valence-electron chi connectivity index (χ2n) is 20.1. The van der Waals surface area contributed by atoms with Crippen molar-refractivity contribution in [2.24, 2.45) is 5.92 Å². The summed E-state index contributed by atoms with van der Waals surface area (Å²) in [6, 6.07) is 51.8. The Morgan fingerprint density at radius 3 is 2.24 bits per heavy atom. The maximum absolute atomic E-state index is 6.73. The van der Waals surface area contributed by atoms with Gasteiger partial charge in [0, 0.05) is 59.3 Å². The minimum atomic E-state index is -1.74. The largest absolute Gasteiger partial charge is 0.486 e. The third-order valence-corrected chi connectivity index (χ3v) is 18.0. The Hall–Kier alpha value is -6.25. The summed E-state index contributed by atoms with van der Waals surface area (Å²) in [6.45, 7) is 13.1. The first-order valence-electron chi connectivity index (χ1n) is 24.4. The van der Waals surface area contributed by atoms with Crippen LogP contribution in [0.1, 0.15) is 81.8 Å². The molecule has 353 valence electrons. The Bertz CT molecular complexity index is 3560. The number of aromatic nitrogens is 5. The van der Waals surface area contributed by atoms with Gasteiger partial charge < -0.3 is 8.98 Å². The molecule has 1 radical (unpaired) electrons. The molecule has 0 saturated heterocycles. The molecule has 0 N–H and O–H groups in total. The van der Waals surface area contributed by atoms with Crippen LogP contribution in [0.2, 0.25) is 17.3 Å². The van der Waals surface area contributed by atoms with E-state index in [2.05, 4.69) is 219 Å². The smallest absolute Gasteiger partial charge is 0.216 e. The molecule has 1 aliphatic rings. The van der Waals surface area contributed by atoms with Crippen LogP contribution in [-0.4, -0.2) is 37.8 Å². The maximum Gasteiger partial charge on any atom is 0.216 e. The van der Waals surface area contributed by atoms with Crippen molar-refractivity contribution in [1.29, 1.82) is 0 Å². The summed E-state index contributed by atoms with van der Waals surface area (Å²) in [7, 11) is 0. The number of pyridine rings is 3. The van der Waals surface area contributed by atoms with E-state index in [1.165, 1.54) is 21.1 Å². The summed E-state index contributed by atoms with van der Waals surface area (Å²) in [5, 5.41) is 3.06. The zero-order valence-electron chi connectivity index (χ0n) is 41.6. The number of aryl methyl sites for hydroxylation is 1. The molecule has 6 nitrogen and oxygen atoms in total. The summed E-state index contributed by atoms with van der Waals surface area (Å²) in [5.74, 6) is 9.25.